The molecule has 456 valence electrons. The molecule has 15 bridgehead atoms. The molecule has 13 N–H and O–H groups in total. The predicted octanol–water partition coefficient (Wildman–Crippen LogP) is 4.57. The number of carbonyl (C=O) groups is 7. The number of amides is 6. The zero-order valence-electron chi connectivity index (χ0n) is 47.4. The molecular formula is C65H60N8O16. The number of benzene rings is 7. The van der Waals surface area contributed by atoms with Crippen molar-refractivity contribution in [2.75, 3.05) is 33.4 Å². The average Bonchev–Trinajstić information content (AvgIpc) is 2.12. The second kappa shape index (κ2) is 25.6. The van der Waals surface area contributed by atoms with Gasteiger partial charge < -0.3 is 81.3 Å². The van der Waals surface area contributed by atoms with Crippen LogP contribution >= 0.6 is 0 Å². The molecule has 1 unspecified atom stereocenters. The lowest BCUT2D eigenvalue weighted by molar-refractivity contribution is -0.150. The summed E-state index contributed by atoms with van der Waals surface area (Å²) < 4.78 is 17.8. The number of likely N-dealkylation sites (N-methyl/N-ethyl adjacent to an activating group) is 1. The first-order chi connectivity index (χ1) is 42.9. The van der Waals surface area contributed by atoms with Crippen LogP contribution in [-0.2, 0) is 51.1 Å². The molecule has 14 rings (SSSR count). The zero-order valence-corrected chi connectivity index (χ0v) is 47.4. The Hall–Kier alpha value is -11.0. The van der Waals surface area contributed by atoms with Crippen molar-refractivity contribution in [3.8, 4) is 57.1 Å². The molecule has 6 aliphatic heterocycles. The highest BCUT2D eigenvalue weighted by atomic mass is 16.5. The first-order valence-corrected chi connectivity index (χ1v) is 28.3. The number of fused-ring (bicyclic) bond motifs is 14. The van der Waals surface area contributed by atoms with E-state index in [1.54, 1.807) is 48.7 Å². The van der Waals surface area contributed by atoms with E-state index in [1.807, 2.05) is 0 Å². The first-order valence-electron chi connectivity index (χ1n) is 28.3. The molecule has 0 radical (unpaired) electrons. The summed E-state index contributed by atoms with van der Waals surface area (Å²) in [7, 11) is 1.33. The number of aliphatic hydroxyl groups excluding tert-OH is 2. The Morgan fingerprint density at radius 1 is 0.629 bits per heavy atom. The molecule has 6 aliphatic rings. The number of H-pyrrole nitrogens is 1. The smallest absolute Gasteiger partial charge is 0.333 e. The second-order valence-corrected chi connectivity index (χ2v) is 21.5. The topological polar surface area (TPSA) is 360 Å². The van der Waals surface area contributed by atoms with Crippen LogP contribution in [0.4, 0.5) is 0 Å². The fraction of sp³-hybridized carbons (Fsp3) is 0.215. The van der Waals surface area contributed by atoms with Gasteiger partial charge in [0.1, 0.15) is 65.9 Å². The number of nitrogens with zero attached hydrogens (tertiary/aromatic N) is 1. The fourth-order valence-electron chi connectivity index (χ4n) is 11.0. The number of phenolic OH excluding ortho intramolecular Hbond substituents is 4. The number of phenols is 4. The monoisotopic (exact) mass is 1210 g/mol. The molecule has 7 aromatic carbocycles. The van der Waals surface area contributed by atoms with Crippen molar-refractivity contribution in [3.63, 3.8) is 0 Å². The number of ether oxygens (including phenoxy) is 3. The Kier molecular flexibility index (Phi) is 17.2. The van der Waals surface area contributed by atoms with Gasteiger partial charge >= 0.3 is 5.97 Å². The summed E-state index contributed by atoms with van der Waals surface area (Å²) in [4.78, 5) is 110. The molecule has 8 aromatic rings. The van der Waals surface area contributed by atoms with Gasteiger partial charge in [-0.15, -0.1) is 0 Å². The Morgan fingerprint density at radius 2 is 1.24 bits per heavy atom. The lowest BCUT2D eigenvalue weighted by Crippen LogP contribution is -2.55. The van der Waals surface area contributed by atoms with Gasteiger partial charge in [-0.1, -0.05) is 66.7 Å². The Bertz CT molecular complexity index is 4030. The molecule has 0 fully saturated rings. The Balaban J connectivity index is 1.07. The van der Waals surface area contributed by atoms with E-state index >= 15 is 19.2 Å². The predicted molar refractivity (Wildman–Crippen MR) is 318 cm³/mol. The van der Waals surface area contributed by atoms with Gasteiger partial charge in [-0.25, -0.2) is 4.79 Å². The highest BCUT2D eigenvalue weighted by Crippen LogP contribution is 2.44. The van der Waals surface area contributed by atoms with Gasteiger partial charge in [-0.3, -0.25) is 34.1 Å². The Morgan fingerprint density at radius 3 is 1.93 bits per heavy atom. The van der Waals surface area contributed by atoms with E-state index in [9.17, 15) is 45.0 Å². The van der Waals surface area contributed by atoms with Crippen LogP contribution in [0, 0.1) is 0 Å². The Labute approximate surface area is 507 Å². The van der Waals surface area contributed by atoms with Crippen molar-refractivity contribution >= 4 is 52.3 Å². The summed E-state index contributed by atoms with van der Waals surface area (Å²) in [6.07, 6.45) is 1.25. The van der Waals surface area contributed by atoms with Crippen LogP contribution in [0.2, 0.25) is 0 Å². The molecule has 0 saturated heterocycles. The minimum atomic E-state index is -1.87. The molecule has 0 spiro atoms. The lowest BCUT2D eigenvalue weighted by atomic mass is 9.94. The highest BCUT2D eigenvalue weighted by Gasteiger charge is 2.40. The number of nitrogens with one attached hydrogen (secondary N) is 7. The number of hydrogen-bond acceptors (Lipinski definition) is 17. The van der Waals surface area contributed by atoms with Gasteiger partial charge in [0.25, 0.3) is 0 Å². The summed E-state index contributed by atoms with van der Waals surface area (Å²) in [5.41, 5.74) is 2.69. The minimum absolute atomic E-state index is 0.0297. The minimum Gasteiger partial charge on any atom is -0.508 e. The third-order valence-electron chi connectivity index (χ3n) is 15.7. The van der Waals surface area contributed by atoms with Gasteiger partial charge in [-0.2, -0.15) is 0 Å². The largest absolute Gasteiger partial charge is 0.508 e. The molecule has 24 nitrogen and oxygen atoms in total. The van der Waals surface area contributed by atoms with Gasteiger partial charge in [-0.05, 0) is 123 Å². The van der Waals surface area contributed by atoms with Crippen molar-refractivity contribution in [1.29, 1.82) is 0 Å². The van der Waals surface area contributed by atoms with Crippen molar-refractivity contribution in [1.82, 2.24) is 41.8 Å². The van der Waals surface area contributed by atoms with E-state index in [4.69, 9.17) is 14.2 Å². The van der Waals surface area contributed by atoms with E-state index in [0.717, 1.165) is 4.90 Å². The number of aromatic nitrogens is 1. The molecule has 6 amide bonds. The third-order valence-corrected chi connectivity index (χ3v) is 15.7. The van der Waals surface area contributed by atoms with Crippen LogP contribution in [0.3, 0.4) is 0 Å². The van der Waals surface area contributed by atoms with Crippen LogP contribution in [0.1, 0.15) is 69.2 Å². The average molecular weight is 1210 g/mol. The summed E-state index contributed by atoms with van der Waals surface area (Å²) in [6.45, 7) is -1.39. The fourth-order valence-corrected chi connectivity index (χ4v) is 11.0. The number of aliphatic hydroxyl groups is 2. The second-order valence-electron chi connectivity index (χ2n) is 21.5. The van der Waals surface area contributed by atoms with Crippen LogP contribution < -0.4 is 41.4 Å². The molecule has 0 aliphatic carbocycles. The first kappa shape index (κ1) is 59.8. The summed E-state index contributed by atoms with van der Waals surface area (Å²) in [5, 5.41) is 80.8. The van der Waals surface area contributed by atoms with Gasteiger partial charge in [0, 0.05) is 49.1 Å². The van der Waals surface area contributed by atoms with Gasteiger partial charge in [0.2, 0.25) is 35.4 Å². The number of hydrogen-bond donors (Lipinski definition) is 13. The normalized spacial score (nSPS) is 19.7. The summed E-state index contributed by atoms with van der Waals surface area (Å²) >= 11 is 0. The van der Waals surface area contributed by atoms with E-state index in [0.29, 0.717) is 33.2 Å². The van der Waals surface area contributed by atoms with Crippen LogP contribution in [-0.4, -0.2) is 127 Å². The van der Waals surface area contributed by atoms with Crippen LogP contribution in [0.5, 0.6) is 46.0 Å². The molecule has 7 atom stereocenters. The number of rotatable bonds is 10. The van der Waals surface area contributed by atoms with Crippen molar-refractivity contribution in [2.45, 2.75) is 55.1 Å². The van der Waals surface area contributed by atoms with Gasteiger partial charge in [0.05, 0.1) is 13.2 Å². The lowest BCUT2D eigenvalue weighted by Gasteiger charge is -2.33. The molecule has 0 saturated carbocycles. The maximum absolute atomic E-state index is 15.8. The maximum atomic E-state index is 15.8. The quantitative estimate of drug-likeness (QED) is 0.0834. The summed E-state index contributed by atoms with van der Waals surface area (Å²) in [6, 6.07) is 24.0. The van der Waals surface area contributed by atoms with Crippen molar-refractivity contribution in [3.05, 3.63) is 191 Å². The van der Waals surface area contributed by atoms with E-state index in [-0.39, 0.29) is 94.1 Å². The van der Waals surface area contributed by atoms with Crippen LogP contribution in [0.25, 0.3) is 22.0 Å². The van der Waals surface area contributed by atoms with Gasteiger partial charge in [0.15, 0.2) is 29.0 Å². The number of esters is 1. The molecule has 89 heavy (non-hydrogen) atoms. The number of aromatic amines is 1. The molecule has 7 heterocycles. The standard InChI is InChI=1S/C65H60N8O16/c1-73-49-26-33-2-16-43(17-3-33)89-52-31-39-27-46(58(52)79)37-10-20-45-40(32-67-47(45)28-37)29-48(68-61(82)53(66-22-23-74)34-4-12-41(76)13-5-34)59(80)69-54(35-6-14-42(77)15-7-35)62(83)70-55(39)63(84)71-56(64(73)85)36-8-18-44(19-9-36)88-51-30-38(11-21-50(51)78)57(72-60(49)81)65(86)87-25-24-75/h2-21,27-28,30-32,48-49,53-57,66-67,74-79H,22-26,29H2,1H3,(H,68,82)(H,69,80)(H,70,83)(H,71,84)(H,72,81)/t48-,49+,53?,54-,55-,56-,57-/m1/s1. The molecule has 24 heteroatoms. The van der Waals surface area contributed by atoms with E-state index in [2.05, 4.69) is 36.9 Å². The van der Waals surface area contributed by atoms with Crippen molar-refractivity contribution < 1.29 is 78.4 Å². The molecular weight excluding hydrogens is 1150 g/mol. The SMILES string of the molecule is CN1C(=O)[C@@H]2NC(=O)[C@@H]3NC(=O)[C@@H](c4ccc(O)cc4)NC(=O)[C@H](NC(=O)C(NCCO)c4ccc(O)cc4)Cc4c[nH]c5cc(ccc45)-c4cc3cc(c4O)Oc3ccc(cc3)C[C@H]1C(=O)N[C@@H](C(=O)OCCO)c1ccc(O)c(c1)Oc1ccc2cc1. The third kappa shape index (κ3) is 12.8. The molecule has 1 aromatic heterocycles. The number of carbonyl (C=O) groups excluding carboxylic acids is 7. The number of aromatic hydroxyl groups is 4. The maximum Gasteiger partial charge on any atom is 0.333 e. The van der Waals surface area contributed by atoms with E-state index in [1.165, 1.54) is 110 Å². The van der Waals surface area contributed by atoms with Crippen LogP contribution in [0.15, 0.2) is 152 Å². The highest BCUT2D eigenvalue weighted by molar-refractivity contribution is 6.00. The zero-order chi connectivity index (χ0) is 62.6. The van der Waals surface area contributed by atoms with Crippen molar-refractivity contribution in [2.24, 2.45) is 0 Å². The summed E-state index contributed by atoms with van der Waals surface area (Å²) in [5.74, 6) is -7.57. The van der Waals surface area contributed by atoms with E-state index < -0.39 is 103 Å².